The highest BCUT2D eigenvalue weighted by Crippen LogP contribution is 2.23. The molecule has 3 heterocycles. The summed E-state index contributed by atoms with van der Waals surface area (Å²) in [5.41, 5.74) is 6.38. The van der Waals surface area contributed by atoms with E-state index in [1.807, 2.05) is 19.9 Å². The SMILES string of the molecule is Cc1ccc2ncc(C(=O)N3C[C@H](C(N)=O)CC[C@@H]3C)c(=O)n2c1. The molecule has 2 N–H and O–H groups in total. The van der Waals surface area contributed by atoms with Gasteiger partial charge < -0.3 is 10.6 Å². The van der Waals surface area contributed by atoms with Crippen molar-refractivity contribution in [2.24, 2.45) is 11.7 Å². The van der Waals surface area contributed by atoms with E-state index in [2.05, 4.69) is 4.98 Å². The number of hydrogen-bond donors (Lipinski definition) is 1. The quantitative estimate of drug-likeness (QED) is 0.878. The van der Waals surface area contributed by atoms with Gasteiger partial charge in [-0.2, -0.15) is 0 Å². The van der Waals surface area contributed by atoms with Gasteiger partial charge in [-0.1, -0.05) is 6.07 Å². The van der Waals surface area contributed by atoms with Gasteiger partial charge in [0.1, 0.15) is 11.2 Å². The molecule has 0 aliphatic carbocycles. The van der Waals surface area contributed by atoms with Crippen LogP contribution >= 0.6 is 0 Å². The van der Waals surface area contributed by atoms with Gasteiger partial charge in [0.15, 0.2) is 0 Å². The second kappa shape index (κ2) is 6.07. The molecule has 1 saturated heterocycles. The number of aromatic nitrogens is 2. The summed E-state index contributed by atoms with van der Waals surface area (Å²) in [7, 11) is 0. The standard InChI is InChI=1S/C17H20N4O3/c1-10-3-6-14-19-7-13(17(24)21(14)8-10)16(23)20-9-12(15(18)22)5-4-11(20)2/h3,6-8,11-12H,4-5,9H2,1-2H3,(H2,18,22)/t11-,12+/m0/s1. The summed E-state index contributed by atoms with van der Waals surface area (Å²) < 4.78 is 1.38. The van der Waals surface area contributed by atoms with Crippen molar-refractivity contribution in [3.05, 3.63) is 46.0 Å². The number of carbonyl (C=O) groups excluding carboxylic acids is 2. The molecule has 0 aromatic carbocycles. The molecule has 2 amide bonds. The predicted molar refractivity (Wildman–Crippen MR) is 88.6 cm³/mol. The van der Waals surface area contributed by atoms with Crippen molar-refractivity contribution in [2.75, 3.05) is 6.54 Å². The van der Waals surface area contributed by atoms with Gasteiger partial charge in [-0.05, 0) is 38.3 Å². The van der Waals surface area contributed by atoms with Gasteiger partial charge in [0.25, 0.3) is 11.5 Å². The van der Waals surface area contributed by atoms with Crippen LogP contribution in [0.1, 0.15) is 35.7 Å². The summed E-state index contributed by atoms with van der Waals surface area (Å²) in [6.07, 6.45) is 4.32. The van der Waals surface area contributed by atoms with Crippen LogP contribution < -0.4 is 11.3 Å². The third-order valence-corrected chi connectivity index (χ3v) is 4.63. The Labute approximate surface area is 139 Å². The first-order chi connectivity index (χ1) is 11.4. The summed E-state index contributed by atoms with van der Waals surface area (Å²) in [6.45, 7) is 4.02. The number of nitrogens with zero attached hydrogens (tertiary/aromatic N) is 3. The number of likely N-dealkylation sites (tertiary alicyclic amines) is 1. The number of hydrogen-bond acceptors (Lipinski definition) is 4. The highest BCUT2D eigenvalue weighted by molar-refractivity contribution is 5.94. The summed E-state index contributed by atoms with van der Waals surface area (Å²) in [5.74, 6) is -1.19. The molecule has 0 bridgehead atoms. The second-order valence-electron chi connectivity index (χ2n) is 6.39. The van der Waals surface area contributed by atoms with Crippen LogP contribution in [0.15, 0.2) is 29.3 Å². The predicted octanol–water partition coefficient (Wildman–Crippen LogP) is 0.729. The Kier molecular flexibility index (Phi) is 4.09. The van der Waals surface area contributed by atoms with Crippen LogP contribution in [-0.2, 0) is 4.79 Å². The van der Waals surface area contributed by atoms with E-state index in [0.29, 0.717) is 18.5 Å². The van der Waals surface area contributed by atoms with Crippen LogP contribution in [0.4, 0.5) is 0 Å². The maximum atomic E-state index is 12.8. The van der Waals surface area contributed by atoms with Crippen LogP contribution in [-0.4, -0.2) is 38.7 Å². The highest BCUT2D eigenvalue weighted by Gasteiger charge is 2.33. The molecule has 2 aromatic heterocycles. The summed E-state index contributed by atoms with van der Waals surface area (Å²) in [4.78, 5) is 42.7. The minimum absolute atomic E-state index is 0.00932. The summed E-state index contributed by atoms with van der Waals surface area (Å²) in [6, 6.07) is 3.54. The van der Waals surface area contributed by atoms with Crippen molar-refractivity contribution in [3.8, 4) is 0 Å². The molecule has 0 unspecified atom stereocenters. The third-order valence-electron chi connectivity index (χ3n) is 4.63. The van der Waals surface area contributed by atoms with E-state index in [9.17, 15) is 14.4 Å². The Hall–Kier alpha value is -2.70. The zero-order chi connectivity index (χ0) is 17.4. The number of amides is 2. The monoisotopic (exact) mass is 328 g/mol. The van der Waals surface area contributed by atoms with Crippen molar-refractivity contribution in [1.82, 2.24) is 14.3 Å². The lowest BCUT2D eigenvalue weighted by atomic mass is 9.92. The summed E-state index contributed by atoms with van der Waals surface area (Å²) in [5, 5.41) is 0. The Morgan fingerprint density at radius 2 is 2.04 bits per heavy atom. The lowest BCUT2D eigenvalue weighted by Crippen LogP contribution is -2.49. The normalized spacial score (nSPS) is 21.0. The fraction of sp³-hybridized carbons (Fsp3) is 0.412. The van der Waals surface area contributed by atoms with E-state index in [1.54, 1.807) is 17.2 Å². The first kappa shape index (κ1) is 16.2. The van der Waals surface area contributed by atoms with E-state index in [4.69, 9.17) is 5.73 Å². The minimum Gasteiger partial charge on any atom is -0.369 e. The molecule has 7 heteroatoms. The van der Waals surface area contributed by atoms with Gasteiger partial charge in [0, 0.05) is 25.0 Å². The number of pyridine rings is 1. The lowest BCUT2D eigenvalue weighted by molar-refractivity contribution is -0.123. The number of piperidine rings is 1. The van der Waals surface area contributed by atoms with E-state index in [1.165, 1.54) is 10.6 Å². The van der Waals surface area contributed by atoms with Crippen molar-refractivity contribution in [2.45, 2.75) is 32.7 Å². The van der Waals surface area contributed by atoms with Crippen molar-refractivity contribution in [3.63, 3.8) is 0 Å². The number of carbonyl (C=O) groups is 2. The number of primary amides is 1. The van der Waals surface area contributed by atoms with Gasteiger partial charge in [-0.3, -0.25) is 18.8 Å². The average molecular weight is 328 g/mol. The van der Waals surface area contributed by atoms with Crippen molar-refractivity contribution >= 4 is 17.5 Å². The molecule has 2 aromatic rings. The van der Waals surface area contributed by atoms with Gasteiger partial charge in [0.05, 0.1) is 5.92 Å². The lowest BCUT2D eigenvalue weighted by Gasteiger charge is -2.36. The zero-order valence-electron chi connectivity index (χ0n) is 13.7. The van der Waals surface area contributed by atoms with Crippen LogP contribution in [0.5, 0.6) is 0 Å². The molecule has 2 atom stereocenters. The molecule has 3 rings (SSSR count). The smallest absolute Gasteiger partial charge is 0.270 e. The maximum absolute atomic E-state index is 12.8. The van der Waals surface area contributed by atoms with Gasteiger partial charge >= 0.3 is 0 Å². The van der Waals surface area contributed by atoms with Crippen molar-refractivity contribution in [1.29, 1.82) is 0 Å². The average Bonchev–Trinajstić information content (AvgIpc) is 2.55. The first-order valence-electron chi connectivity index (χ1n) is 7.97. The topological polar surface area (TPSA) is 97.8 Å². The molecule has 1 aliphatic heterocycles. The van der Waals surface area contributed by atoms with E-state index >= 15 is 0 Å². The van der Waals surface area contributed by atoms with Gasteiger partial charge in [-0.25, -0.2) is 4.98 Å². The third kappa shape index (κ3) is 2.77. The number of nitrogens with two attached hydrogens (primary N) is 1. The number of aryl methyl sites for hydroxylation is 1. The second-order valence-corrected chi connectivity index (χ2v) is 6.39. The van der Waals surface area contributed by atoms with E-state index in [0.717, 1.165) is 5.56 Å². The van der Waals surface area contributed by atoms with Crippen molar-refractivity contribution < 1.29 is 9.59 Å². The fourth-order valence-corrected chi connectivity index (χ4v) is 3.11. The Balaban J connectivity index is 2.00. The zero-order valence-corrected chi connectivity index (χ0v) is 13.7. The van der Waals surface area contributed by atoms with Crippen LogP contribution in [0.25, 0.3) is 5.65 Å². The fourth-order valence-electron chi connectivity index (χ4n) is 3.11. The van der Waals surface area contributed by atoms with Gasteiger partial charge in [0.2, 0.25) is 5.91 Å². The molecule has 1 aliphatic rings. The molecule has 7 nitrogen and oxygen atoms in total. The largest absolute Gasteiger partial charge is 0.369 e. The molecule has 24 heavy (non-hydrogen) atoms. The van der Waals surface area contributed by atoms with Crippen LogP contribution in [0.2, 0.25) is 0 Å². The molecule has 0 saturated carbocycles. The molecule has 0 spiro atoms. The molecular formula is C17H20N4O3. The number of rotatable bonds is 2. The minimum atomic E-state index is -0.413. The Bertz CT molecular complexity index is 874. The Morgan fingerprint density at radius 1 is 1.29 bits per heavy atom. The van der Waals surface area contributed by atoms with E-state index < -0.39 is 17.4 Å². The van der Waals surface area contributed by atoms with Crippen LogP contribution in [0, 0.1) is 12.8 Å². The van der Waals surface area contributed by atoms with Crippen LogP contribution in [0.3, 0.4) is 0 Å². The number of fused-ring (bicyclic) bond motifs is 1. The molecule has 1 fully saturated rings. The molecule has 0 radical (unpaired) electrons. The van der Waals surface area contributed by atoms with E-state index in [-0.39, 0.29) is 24.1 Å². The Morgan fingerprint density at radius 3 is 2.75 bits per heavy atom. The molecular weight excluding hydrogens is 308 g/mol. The first-order valence-corrected chi connectivity index (χ1v) is 7.97. The maximum Gasteiger partial charge on any atom is 0.270 e. The molecule has 126 valence electrons. The van der Waals surface area contributed by atoms with Gasteiger partial charge in [-0.15, -0.1) is 0 Å². The summed E-state index contributed by atoms with van der Waals surface area (Å²) >= 11 is 0. The highest BCUT2D eigenvalue weighted by atomic mass is 16.2.